The van der Waals surface area contributed by atoms with Gasteiger partial charge in [-0.25, -0.2) is 9.59 Å². The molecule has 9 heteroatoms. The van der Waals surface area contributed by atoms with E-state index in [-0.39, 0.29) is 26.1 Å². The number of urea groups is 1. The predicted octanol–water partition coefficient (Wildman–Crippen LogP) is 3.91. The van der Waals surface area contributed by atoms with Crippen molar-refractivity contribution in [1.82, 2.24) is 9.80 Å². The molecule has 2 amide bonds. The first-order chi connectivity index (χ1) is 16.8. The van der Waals surface area contributed by atoms with E-state index in [0.717, 1.165) is 27.2 Å². The Morgan fingerprint density at radius 3 is 2.09 bits per heavy atom. The molecule has 1 atom stereocenters. The minimum absolute atomic E-state index is 0.00524. The number of fused-ring (bicyclic) bond motifs is 1. The van der Waals surface area contributed by atoms with Crippen LogP contribution in [0.1, 0.15) is 22.3 Å². The SMILES string of the molecule is O=C(OCc1ccccc1)[C@H]1Cc2ccccc2CN1C(=O)N(Cc1ccccc1)CP(=O)(O)O. The van der Waals surface area contributed by atoms with Crippen LogP contribution in [0, 0.1) is 0 Å². The third-order valence-corrected chi connectivity index (χ3v) is 6.54. The Bertz CT molecular complexity index is 1210. The summed E-state index contributed by atoms with van der Waals surface area (Å²) < 4.78 is 17.4. The zero-order chi connectivity index (χ0) is 24.8. The van der Waals surface area contributed by atoms with E-state index in [0.29, 0.717) is 0 Å². The van der Waals surface area contributed by atoms with Crippen LogP contribution in [0.15, 0.2) is 84.9 Å². The number of esters is 1. The summed E-state index contributed by atoms with van der Waals surface area (Å²) in [6.07, 6.45) is -0.505. The van der Waals surface area contributed by atoms with Gasteiger partial charge in [-0.3, -0.25) is 4.57 Å². The molecule has 0 saturated carbocycles. The molecule has 3 aromatic rings. The number of carbonyl (C=O) groups excluding carboxylic acids is 2. The monoisotopic (exact) mass is 494 g/mol. The molecule has 0 aliphatic carbocycles. The molecule has 4 rings (SSSR count). The van der Waals surface area contributed by atoms with Crippen LogP contribution < -0.4 is 0 Å². The number of hydrogen-bond donors (Lipinski definition) is 2. The second kappa shape index (κ2) is 10.9. The van der Waals surface area contributed by atoms with Gasteiger partial charge >= 0.3 is 19.6 Å². The average Bonchev–Trinajstić information content (AvgIpc) is 2.86. The van der Waals surface area contributed by atoms with Gasteiger partial charge in [-0.2, -0.15) is 0 Å². The van der Waals surface area contributed by atoms with Crippen molar-refractivity contribution < 1.29 is 28.7 Å². The Kier molecular flexibility index (Phi) is 7.66. The third kappa shape index (κ3) is 6.57. The van der Waals surface area contributed by atoms with Crippen LogP contribution in [-0.2, 0) is 40.2 Å². The summed E-state index contributed by atoms with van der Waals surface area (Å²) in [7, 11) is -4.56. The minimum Gasteiger partial charge on any atom is -0.459 e. The number of ether oxygens (including phenoxy) is 1. The van der Waals surface area contributed by atoms with E-state index in [4.69, 9.17) is 4.74 Å². The summed E-state index contributed by atoms with van der Waals surface area (Å²) in [6.45, 7) is 0.192. The largest absolute Gasteiger partial charge is 0.459 e. The number of hydrogen-bond acceptors (Lipinski definition) is 4. The Labute approximate surface area is 203 Å². The molecular weight excluding hydrogens is 467 g/mol. The molecule has 0 unspecified atom stereocenters. The van der Waals surface area contributed by atoms with Crippen molar-refractivity contribution in [1.29, 1.82) is 0 Å². The number of benzene rings is 3. The quantitative estimate of drug-likeness (QED) is 0.381. The highest BCUT2D eigenvalue weighted by Gasteiger charge is 2.39. The third-order valence-electron chi connectivity index (χ3n) is 5.83. The van der Waals surface area contributed by atoms with Gasteiger partial charge in [0.05, 0.1) is 0 Å². The van der Waals surface area contributed by atoms with Crippen molar-refractivity contribution in [2.45, 2.75) is 32.2 Å². The van der Waals surface area contributed by atoms with Crippen molar-refractivity contribution in [3.63, 3.8) is 0 Å². The molecule has 0 bridgehead atoms. The summed E-state index contributed by atoms with van der Waals surface area (Å²) in [4.78, 5) is 48.6. The van der Waals surface area contributed by atoms with E-state index in [2.05, 4.69) is 0 Å². The van der Waals surface area contributed by atoms with E-state index < -0.39 is 31.9 Å². The number of carbonyl (C=O) groups is 2. The van der Waals surface area contributed by atoms with Gasteiger partial charge in [0.1, 0.15) is 18.9 Å². The molecule has 1 aliphatic rings. The highest BCUT2D eigenvalue weighted by atomic mass is 31.2. The smallest absolute Gasteiger partial charge is 0.344 e. The van der Waals surface area contributed by atoms with Crippen LogP contribution in [0.4, 0.5) is 4.79 Å². The fourth-order valence-electron chi connectivity index (χ4n) is 4.15. The number of rotatable bonds is 7. The standard InChI is InChI=1S/C26H27N2O6P/c29-25(34-18-21-11-5-2-6-12-21)24-15-22-13-7-8-14-23(22)17-28(24)26(30)27(19-35(31,32)33)16-20-9-3-1-4-10-20/h1-14,24H,15-19H2,(H2,31,32,33)/t24-/m1/s1. The summed E-state index contributed by atoms with van der Waals surface area (Å²) in [5, 5.41) is 0. The minimum atomic E-state index is -4.56. The number of amides is 2. The van der Waals surface area contributed by atoms with E-state index in [1.165, 1.54) is 4.90 Å². The lowest BCUT2D eigenvalue weighted by atomic mass is 9.94. The fraction of sp³-hybridized carbons (Fsp3) is 0.231. The topological polar surface area (TPSA) is 107 Å². The average molecular weight is 494 g/mol. The lowest BCUT2D eigenvalue weighted by molar-refractivity contribution is -0.151. The van der Waals surface area contributed by atoms with E-state index in [1.54, 1.807) is 24.3 Å². The summed E-state index contributed by atoms with van der Waals surface area (Å²) in [5.74, 6) is -0.562. The van der Waals surface area contributed by atoms with Gasteiger partial charge in [0.15, 0.2) is 0 Å². The Hall–Kier alpha value is -3.45. The predicted molar refractivity (Wildman–Crippen MR) is 130 cm³/mol. The fourth-order valence-corrected chi connectivity index (χ4v) is 4.81. The Balaban J connectivity index is 1.60. The van der Waals surface area contributed by atoms with Crippen molar-refractivity contribution >= 4 is 19.6 Å². The first-order valence-electron chi connectivity index (χ1n) is 11.2. The molecule has 1 heterocycles. The van der Waals surface area contributed by atoms with Crippen LogP contribution >= 0.6 is 7.60 Å². The summed E-state index contributed by atoms with van der Waals surface area (Å²) in [5.41, 5.74) is 3.35. The van der Waals surface area contributed by atoms with E-state index >= 15 is 0 Å². The molecule has 35 heavy (non-hydrogen) atoms. The van der Waals surface area contributed by atoms with Crippen molar-refractivity contribution in [2.75, 3.05) is 6.29 Å². The highest BCUT2D eigenvalue weighted by molar-refractivity contribution is 7.51. The first-order valence-corrected chi connectivity index (χ1v) is 13.0. The maximum Gasteiger partial charge on any atom is 0.344 e. The second-order valence-corrected chi connectivity index (χ2v) is 10.1. The van der Waals surface area contributed by atoms with Gasteiger partial charge in [-0.05, 0) is 22.3 Å². The molecular formula is C26H27N2O6P. The highest BCUT2D eigenvalue weighted by Crippen LogP contribution is 2.37. The summed E-state index contributed by atoms with van der Waals surface area (Å²) in [6, 6.07) is 24.2. The Morgan fingerprint density at radius 2 is 1.46 bits per heavy atom. The molecule has 0 radical (unpaired) electrons. The lowest BCUT2D eigenvalue weighted by Gasteiger charge is -2.38. The molecule has 3 aromatic carbocycles. The normalized spacial score (nSPS) is 15.3. The van der Waals surface area contributed by atoms with Crippen LogP contribution in [0.3, 0.4) is 0 Å². The lowest BCUT2D eigenvalue weighted by Crippen LogP contribution is -2.53. The van der Waals surface area contributed by atoms with Crippen LogP contribution in [0.2, 0.25) is 0 Å². The molecule has 0 saturated heterocycles. The van der Waals surface area contributed by atoms with E-state index in [9.17, 15) is 23.9 Å². The van der Waals surface area contributed by atoms with Crippen LogP contribution in [0.25, 0.3) is 0 Å². The van der Waals surface area contributed by atoms with Gasteiger partial charge < -0.3 is 24.3 Å². The van der Waals surface area contributed by atoms with Crippen molar-refractivity contribution in [3.8, 4) is 0 Å². The molecule has 2 N–H and O–H groups in total. The zero-order valence-electron chi connectivity index (χ0n) is 19.1. The number of nitrogens with zero attached hydrogens (tertiary/aromatic N) is 2. The van der Waals surface area contributed by atoms with Crippen LogP contribution in [0.5, 0.6) is 0 Å². The zero-order valence-corrected chi connectivity index (χ0v) is 20.0. The van der Waals surface area contributed by atoms with Crippen molar-refractivity contribution in [3.05, 3.63) is 107 Å². The van der Waals surface area contributed by atoms with Gasteiger partial charge in [-0.15, -0.1) is 0 Å². The molecule has 8 nitrogen and oxygen atoms in total. The maximum atomic E-state index is 13.7. The van der Waals surface area contributed by atoms with Crippen molar-refractivity contribution in [2.24, 2.45) is 0 Å². The summed E-state index contributed by atoms with van der Waals surface area (Å²) >= 11 is 0. The second-order valence-electron chi connectivity index (χ2n) is 8.48. The molecule has 0 aromatic heterocycles. The molecule has 1 aliphatic heterocycles. The Morgan fingerprint density at radius 1 is 0.886 bits per heavy atom. The van der Waals surface area contributed by atoms with Gasteiger partial charge in [0.2, 0.25) is 0 Å². The van der Waals surface area contributed by atoms with E-state index in [1.807, 2.05) is 60.7 Å². The molecule has 0 fully saturated rings. The van der Waals surface area contributed by atoms with Gasteiger partial charge in [-0.1, -0.05) is 84.9 Å². The molecule has 0 spiro atoms. The molecule has 182 valence electrons. The maximum absolute atomic E-state index is 13.7. The van der Waals surface area contributed by atoms with Gasteiger partial charge in [0, 0.05) is 19.5 Å². The first kappa shape index (κ1) is 24.7. The van der Waals surface area contributed by atoms with Gasteiger partial charge in [0.25, 0.3) is 0 Å². The van der Waals surface area contributed by atoms with Crippen LogP contribution in [-0.4, -0.2) is 43.9 Å².